The zero-order valence-corrected chi connectivity index (χ0v) is 16.7. The highest BCUT2D eigenvalue weighted by atomic mass is 15.4. The van der Waals surface area contributed by atoms with Gasteiger partial charge in [0.25, 0.3) is 0 Å². The third kappa shape index (κ3) is 4.14. The van der Waals surface area contributed by atoms with E-state index in [-0.39, 0.29) is 6.04 Å². The zero-order valence-electron chi connectivity index (χ0n) is 16.7. The summed E-state index contributed by atoms with van der Waals surface area (Å²) in [6.07, 6.45) is 9.39. The van der Waals surface area contributed by atoms with E-state index in [4.69, 9.17) is 10.7 Å². The molecule has 4 heterocycles. The molecule has 2 saturated heterocycles. The Morgan fingerprint density at radius 3 is 2.90 bits per heavy atom. The number of pyridine rings is 2. The fraction of sp³-hybridized carbons (Fsp3) is 0.545. The molecule has 6 atom stereocenters. The molecule has 1 saturated carbocycles. The highest BCUT2D eigenvalue weighted by Crippen LogP contribution is 2.38. The zero-order chi connectivity index (χ0) is 19.6. The molecule has 3 aliphatic rings. The van der Waals surface area contributed by atoms with Gasteiger partial charge in [-0.3, -0.25) is 10.4 Å². The van der Waals surface area contributed by atoms with Crippen molar-refractivity contribution in [3.8, 4) is 0 Å². The Bertz CT molecular complexity index is 814. The Morgan fingerprint density at radius 2 is 2.03 bits per heavy atom. The summed E-state index contributed by atoms with van der Waals surface area (Å²) in [7, 11) is 0. The highest BCUT2D eigenvalue weighted by Gasteiger charge is 2.42. The number of hydrogen-bond donors (Lipinski definition) is 5. The van der Waals surface area contributed by atoms with Crippen LogP contribution in [-0.4, -0.2) is 34.6 Å². The number of aromatic nitrogens is 2. The first kappa shape index (κ1) is 18.9. The molecule has 0 amide bonds. The Kier molecular flexibility index (Phi) is 5.46. The summed E-state index contributed by atoms with van der Waals surface area (Å²) < 4.78 is 0. The number of nitrogens with zero attached hydrogens (tertiary/aromatic N) is 2. The summed E-state index contributed by atoms with van der Waals surface area (Å²) in [6.45, 7) is 0.936. The maximum atomic E-state index is 6.15. The molecule has 7 heteroatoms. The van der Waals surface area contributed by atoms with E-state index in [0.29, 0.717) is 30.1 Å². The molecule has 154 valence electrons. The van der Waals surface area contributed by atoms with Crippen molar-refractivity contribution in [3.05, 3.63) is 54.0 Å². The summed E-state index contributed by atoms with van der Waals surface area (Å²) in [6, 6.07) is 12.2. The summed E-state index contributed by atoms with van der Waals surface area (Å²) in [5, 5.41) is 7.28. The van der Waals surface area contributed by atoms with Gasteiger partial charge in [0, 0.05) is 49.0 Å². The molecule has 6 N–H and O–H groups in total. The van der Waals surface area contributed by atoms with Crippen molar-refractivity contribution in [3.63, 3.8) is 0 Å². The smallest absolute Gasteiger partial charge is 0.126 e. The molecule has 2 aromatic rings. The first-order chi connectivity index (χ1) is 14.3. The number of anilines is 1. The fourth-order valence-electron chi connectivity index (χ4n) is 5.17. The van der Waals surface area contributed by atoms with Crippen LogP contribution in [0.2, 0.25) is 0 Å². The molecule has 4 unspecified atom stereocenters. The summed E-state index contributed by atoms with van der Waals surface area (Å²) in [5.74, 6) is 1.44. The number of piperidine rings is 1. The normalized spacial score (nSPS) is 34.5. The van der Waals surface area contributed by atoms with Crippen LogP contribution in [0.1, 0.15) is 55.4 Å². The average Bonchev–Trinajstić information content (AvgIpc) is 3.18. The lowest BCUT2D eigenvalue weighted by Crippen LogP contribution is -2.46. The molecule has 1 aliphatic carbocycles. The lowest BCUT2D eigenvalue weighted by molar-refractivity contribution is 0.265. The lowest BCUT2D eigenvalue weighted by atomic mass is 9.81. The van der Waals surface area contributed by atoms with Crippen LogP contribution in [0, 0.1) is 5.92 Å². The number of rotatable bonds is 4. The molecule has 3 fully saturated rings. The van der Waals surface area contributed by atoms with E-state index in [1.165, 1.54) is 18.4 Å². The molecule has 0 spiro atoms. The predicted octanol–water partition coefficient (Wildman–Crippen LogP) is 2.03. The fourth-order valence-corrected chi connectivity index (χ4v) is 5.17. The summed E-state index contributed by atoms with van der Waals surface area (Å²) in [4.78, 5) is 9.27. The van der Waals surface area contributed by atoms with Crippen molar-refractivity contribution < 1.29 is 0 Å². The maximum absolute atomic E-state index is 6.15. The van der Waals surface area contributed by atoms with Crippen LogP contribution < -0.4 is 27.2 Å². The van der Waals surface area contributed by atoms with Crippen molar-refractivity contribution in [1.29, 1.82) is 0 Å². The minimum Gasteiger partial charge on any atom is -0.367 e. The van der Waals surface area contributed by atoms with Gasteiger partial charge in [-0.25, -0.2) is 10.4 Å². The van der Waals surface area contributed by atoms with Crippen molar-refractivity contribution in [2.75, 3.05) is 11.9 Å². The van der Waals surface area contributed by atoms with E-state index in [9.17, 15) is 0 Å². The number of hydrogen-bond acceptors (Lipinski definition) is 7. The van der Waals surface area contributed by atoms with Crippen LogP contribution in [-0.2, 0) is 0 Å². The Labute approximate surface area is 172 Å². The van der Waals surface area contributed by atoms with Gasteiger partial charge in [-0.1, -0.05) is 12.1 Å². The van der Waals surface area contributed by atoms with Crippen molar-refractivity contribution >= 4 is 5.82 Å². The molecular weight excluding hydrogens is 362 g/mol. The second-order valence-corrected chi connectivity index (χ2v) is 8.74. The molecule has 2 aromatic heterocycles. The summed E-state index contributed by atoms with van der Waals surface area (Å²) >= 11 is 0. The van der Waals surface area contributed by atoms with Crippen LogP contribution in [0.4, 0.5) is 5.82 Å². The molecular formula is C22H31N7. The van der Waals surface area contributed by atoms with Gasteiger partial charge < -0.3 is 16.4 Å². The van der Waals surface area contributed by atoms with E-state index in [0.717, 1.165) is 37.3 Å². The third-order valence-electron chi connectivity index (χ3n) is 6.70. The van der Waals surface area contributed by atoms with Gasteiger partial charge in [0.1, 0.15) is 5.82 Å². The third-order valence-corrected chi connectivity index (χ3v) is 6.70. The van der Waals surface area contributed by atoms with E-state index in [1.807, 2.05) is 18.5 Å². The monoisotopic (exact) mass is 393 g/mol. The maximum Gasteiger partial charge on any atom is 0.126 e. The second-order valence-electron chi connectivity index (χ2n) is 8.74. The molecule has 29 heavy (non-hydrogen) atoms. The minimum atomic E-state index is 0.205. The molecule has 7 nitrogen and oxygen atoms in total. The first-order valence-electron chi connectivity index (χ1n) is 10.9. The van der Waals surface area contributed by atoms with Crippen molar-refractivity contribution in [1.82, 2.24) is 26.1 Å². The number of nitrogens with two attached hydrogens (primary N) is 1. The van der Waals surface area contributed by atoms with Crippen molar-refractivity contribution in [2.24, 2.45) is 11.7 Å². The topological polar surface area (TPSA) is 99.9 Å². The molecule has 5 rings (SSSR count). The van der Waals surface area contributed by atoms with E-state index in [2.05, 4.69) is 50.7 Å². The van der Waals surface area contributed by atoms with E-state index < -0.39 is 0 Å². The van der Waals surface area contributed by atoms with E-state index in [1.54, 1.807) is 0 Å². The van der Waals surface area contributed by atoms with Gasteiger partial charge in [-0.05, 0) is 55.9 Å². The minimum absolute atomic E-state index is 0.205. The van der Waals surface area contributed by atoms with Crippen molar-refractivity contribution in [2.45, 2.75) is 62.3 Å². The van der Waals surface area contributed by atoms with Gasteiger partial charge in [0.2, 0.25) is 0 Å². The molecule has 0 bridgehead atoms. The average molecular weight is 394 g/mol. The standard InChI is InChI=1S/C22H31N7/c23-15-5-1-6-16(10-15)26-21-8-2-7-18(27-21)22-17-11-19(14-4-3-9-24-12-14)25-13-20(17)28-29-22/h2-4,7-9,12,15-17,19-20,22,25,28-29H,1,5-6,10-11,13,23H2,(H,26,27)/t15-,16+,17?,19?,20?,22?/m0/s1. The number of nitrogens with one attached hydrogen (secondary N) is 4. The lowest BCUT2D eigenvalue weighted by Gasteiger charge is -2.34. The quantitative estimate of drug-likeness (QED) is 0.542. The van der Waals surface area contributed by atoms with Gasteiger partial charge in [-0.2, -0.15) is 0 Å². The van der Waals surface area contributed by atoms with Crippen LogP contribution in [0.5, 0.6) is 0 Å². The molecule has 0 aromatic carbocycles. The predicted molar refractivity (Wildman–Crippen MR) is 114 cm³/mol. The first-order valence-corrected chi connectivity index (χ1v) is 10.9. The van der Waals surface area contributed by atoms with E-state index >= 15 is 0 Å². The van der Waals surface area contributed by atoms with Crippen LogP contribution in [0.15, 0.2) is 42.7 Å². The second kappa shape index (κ2) is 8.36. The van der Waals surface area contributed by atoms with Gasteiger partial charge in [0.05, 0.1) is 11.7 Å². The number of fused-ring (bicyclic) bond motifs is 1. The summed E-state index contributed by atoms with van der Waals surface area (Å²) in [5.41, 5.74) is 15.5. The Hall–Kier alpha value is -2.06. The van der Waals surface area contributed by atoms with Crippen LogP contribution in [0.3, 0.4) is 0 Å². The van der Waals surface area contributed by atoms with Gasteiger partial charge in [0.15, 0.2) is 0 Å². The molecule has 0 radical (unpaired) electrons. The number of hydrazine groups is 1. The Morgan fingerprint density at radius 1 is 1.07 bits per heavy atom. The van der Waals surface area contributed by atoms with Crippen LogP contribution >= 0.6 is 0 Å². The highest BCUT2D eigenvalue weighted by molar-refractivity contribution is 5.38. The van der Waals surface area contributed by atoms with Crippen LogP contribution in [0.25, 0.3) is 0 Å². The SMILES string of the molecule is N[C@H]1CCC[C@@H](Nc2cccc(C3NNC4CNC(c5cccnc5)CC43)n2)C1. The Balaban J connectivity index is 1.30. The largest absolute Gasteiger partial charge is 0.367 e. The molecule has 2 aliphatic heterocycles. The van der Waals surface area contributed by atoms with Gasteiger partial charge >= 0.3 is 0 Å². The van der Waals surface area contributed by atoms with Gasteiger partial charge in [-0.15, -0.1) is 0 Å².